The summed E-state index contributed by atoms with van der Waals surface area (Å²) >= 11 is 5.92. The van der Waals surface area contributed by atoms with Crippen LogP contribution in [-0.4, -0.2) is 6.09 Å². The van der Waals surface area contributed by atoms with Crippen molar-refractivity contribution in [2.75, 3.05) is 5.32 Å². The fraction of sp³-hybridized carbons (Fsp3) is 0. The van der Waals surface area contributed by atoms with E-state index in [-0.39, 0.29) is 0 Å². The molecule has 0 spiro atoms. The molecule has 5 heteroatoms. The van der Waals surface area contributed by atoms with Gasteiger partial charge in [0.2, 0.25) is 0 Å². The standard InChI is InChI=1S/C14H9ClN2O2/c15-12-7-6-10(9-16)8-13(12)17-14(18)19-11-4-2-1-3-5-11/h1-8H,(H,17,18). The van der Waals surface area contributed by atoms with Crippen LogP contribution >= 0.6 is 11.6 Å². The Morgan fingerprint density at radius 2 is 1.95 bits per heavy atom. The molecule has 0 saturated heterocycles. The van der Waals surface area contributed by atoms with E-state index in [1.807, 2.05) is 12.1 Å². The largest absolute Gasteiger partial charge is 0.417 e. The number of benzene rings is 2. The van der Waals surface area contributed by atoms with Gasteiger partial charge in [0.25, 0.3) is 0 Å². The summed E-state index contributed by atoms with van der Waals surface area (Å²) in [6.07, 6.45) is -0.664. The Kier molecular flexibility index (Phi) is 4.01. The summed E-state index contributed by atoms with van der Waals surface area (Å²) in [4.78, 5) is 11.7. The Morgan fingerprint density at radius 1 is 1.21 bits per heavy atom. The minimum absolute atomic E-state index is 0.335. The van der Waals surface area contributed by atoms with Crippen LogP contribution in [0.5, 0.6) is 5.75 Å². The van der Waals surface area contributed by atoms with Gasteiger partial charge in [0.05, 0.1) is 22.3 Å². The van der Waals surface area contributed by atoms with Gasteiger partial charge in [0.15, 0.2) is 0 Å². The number of ether oxygens (including phenoxy) is 1. The van der Waals surface area contributed by atoms with Crippen molar-refractivity contribution in [2.24, 2.45) is 0 Å². The van der Waals surface area contributed by atoms with Crippen molar-refractivity contribution in [3.63, 3.8) is 0 Å². The second-order valence-electron chi connectivity index (χ2n) is 3.63. The summed E-state index contributed by atoms with van der Waals surface area (Å²) in [7, 11) is 0. The van der Waals surface area contributed by atoms with Crippen molar-refractivity contribution in [3.8, 4) is 11.8 Å². The van der Waals surface area contributed by atoms with E-state index in [1.54, 1.807) is 30.3 Å². The number of hydrogen-bond donors (Lipinski definition) is 1. The summed E-state index contributed by atoms with van der Waals surface area (Å²) < 4.78 is 5.06. The quantitative estimate of drug-likeness (QED) is 0.904. The Morgan fingerprint density at radius 3 is 2.63 bits per heavy atom. The first-order chi connectivity index (χ1) is 9.19. The highest BCUT2D eigenvalue weighted by Gasteiger charge is 2.08. The van der Waals surface area contributed by atoms with Crippen LogP contribution in [0.25, 0.3) is 0 Å². The lowest BCUT2D eigenvalue weighted by molar-refractivity contribution is 0.215. The number of hydrogen-bond acceptors (Lipinski definition) is 3. The molecular weight excluding hydrogens is 264 g/mol. The van der Waals surface area contributed by atoms with Crippen LogP contribution in [0.15, 0.2) is 48.5 Å². The number of rotatable bonds is 2. The third-order valence-corrected chi connectivity index (χ3v) is 2.62. The molecule has 2 rings (SSSR count). The maximum atomic E-state index is 11.7. The van der Waals surface area contributed by atoms with Crippen molar-refractivity contribution < 1.29 is 9.53 Å². The Bertz CT molecular complexity index is 636. The SMILES string of the molecule is N#Cc1ccc(Cl)c(NC(=O)Oc2ccccc2)c1. The minimum atomic E-state index is -0.664. The van der Waals surface area contributed by atoms with Crippen molar-refractivity contribution in [2.45, 2.75) is 0 Å². The van der Waals surface area contributed by atoms with Crippen LogP contribution in [0.3, 0.4) is 0 Å². The van der Waals surface area contributed by atoms with E-state index in [9.17, 15) is 4.79 Å². The molecule has 2 aromatic rings. The van der Waals surface area contributed by atoms with Crippen LogP contribution in [0.1, 0.15) is 5.56 Å². The molecule has 0 aromatic heterocycles. The number of carbonyl (C=O) groups is 1. The van der Waals surface area contributed by atoms with E-state index in [1.165, 1.54) is 12.1 Å². The van der Waals surface area contributed by atoms with E-state index in [0.29, 0.717) is 22.0 Å². The number of halogens is 1. The van der Waals surface area contributed by atoms with Crippen LogP contribution in [0.4, 0.5) is 10.5 Å². The molecule has 94 valence electrons. The van der Waals surface area contributed by atoms with Crippen molar-refractivity contribution in [1.82, 2.24) is 0 Å². The van der Waals surface area contributed by atoms with Gasteiger partial charge in [-0.1, -0.05) is 29.8 Å². The molecule has 0 unspecified atom stereocenters. The van der Waals surface area contributed by atoms with Crippen molar-refractivity contribution in [1.29, 1.82) is 5.26 Å². The third-order valence-electron chi connectivity index (χ3n) is 2.29. The van der Waals surface area contributed by atoms with Gasteiger partial charge in [-0.15, -0.1) is 0 Å². The lowest BCUT2D eigenvalue weighted by Gasteiger charge is -2.08. The highest BCUT2D eigenvalue weighted by Crippen LogP contribution is 2.23. The van der Waals surface area contributed by atoms with E-state index < -0.39 is 6.09 Å². The molecule has 0 atom stereocenters. The van der Waals surface area contributed by atoms with Gasteiger partial charge in [-0.2, -0.15) is 5.26 Å². The molecule has 4 nitrogen and oxygen atoms in total. The summed E-state index contributed by atoms with van der Waals surface area (Å²) in [5.74, 6) is 0.424. The molecule has 0 aliphatic carbocycles. The molecule has 0 aliphatic heterocycles. The first-order valence-corrected chi connectivity index (χ1v) is 5.80. The first-order valence-electron chi connectivity index (χ1n) is 5.42. The average molecular weight is 273 g/mol. The summed E-state index contributed by atoms with van der Waals surface area (Å²) in [6, 6.07) is 15.2. The first kappa shape index (κ1) is 12.9. The van der Waals surface area contributed by atoms with Crippen LogP contribution in [-0.2, 0) is 0 Å². The van der Waals surface area contributed by atoms with Gasteiger partial charge in [-0.05, 0) is 30.3 Å². The lowest BCUT2D eigenvalue weighted by atomic mass is 10.2. The molecule has 19 heavy (non-hydrogen) atoms. The molecule has 0 bridgehead atoms. The topological polar surface area (TPSA) is 62.1 Å². The molecule has 0 fully saturated rings. The van der Waals surface area contributed by atoms with Crippen LogP contribution < -0.4 is 10.1 Å². The van der Waals surface area contributed by atoms with Crippen LogP contribution in [0, 0.1) is 11.3 Å². The maximum absolute atomic E-state index is 11.7. The highest BCUT2D eigenvalue weighted by atomic mass is 35.5. The van der Waals surface area contributed by atoms with Gasteiger partial charge >= 0.3 is 6.09 Å². The normalized spacial score (nSPS) is 9.47. The average Bonchev–Trinajstić information content (AvgIpc) is 2.42. The third kappa shape index (κ3) is 3.47. The monoisotopic (exact) mass is 272 g/mol. The highest BCUT2D eigenvalue weighted by molar-refractivity contribution is 6.33. The zero-order valence-corrected chi connectivity index (χ0v) is 10.5. The van der Waals surface area contributed by atoms with Crippen molar-refractivity contribution >= 4 is 23.4 Å². The van der Waals surface area contributed by atoms with Gasteiger partial charge in [0.1, 0.15) is 5.75 Å². The molecule has 0 aliphatic rings. The molecule has 0 saturated carbocycles. The molecular formula is C14H9ClN2O2. The van der Waals surface area contributed by atoms with Gasteiger partial charge < -0.3 is 4.74 Å². The van der Waals surface area contributed by atoms with Gasteiger partial charge in [-0.25, -0.2) is 4.79 Å². The molecule has 0 radical (unpaired) electrons. The zero-order chi connectivity index (χ0) is 13.7. The Hall–Kier alpha value is -2.51. The summed E-state index contributed by atoms with van der Waals surface area (Å²) in [5, 5.41) is 11.6. The predicted octanol–water partition coefficient (Wildman–Crippen LogP) is 3.82. The second kappa shape index (κ2) is 5.89. The predicted molar refractivity (Wildman–Crippen MR) is 72.3 cm³/mol. The van der Waals surface area contributed by atoms with E-state index >= 15 is 0 Å². The molecule has 1 N–H and O–H groups in total. The Labute approximate surface area is 115 Å². The van der Waals surface area contributed by atoms with E-state index in [4.69, 9.17) is 21.6 Å². The van der Waals surface area contributed by atoms with Crippen LogP contribution in [0.2, 0.25) is 5.02 Å². The second-order valence-corrected chi connectivity index (χ2v) is 4.04. The Balaban J connectivity index is 2.09. The molecule has 2 aromatic carbocycles. The zero-order valence-electron chi connectivity index (χ0n) is 9.76. The molecule has 1 amide bonds. The van der Waals surface area contributed by atoms with E-state index in [2.05, 4.69) is 5.32 Å². The summed E-state index contributed by atoms with van der Waals surface area (Å²) in [5.41, 5.74) is 0.737. The lowest BCUT2D eigenvalue weighted by Crippen LogP contribution is -2.17. The maximum Gasteiger partial charge on any atom is 0.417 e. The fourth-order valence-corrected chi connectivity index (χ4v) is 1.59. The molecule has 0 heterocycles. The van der Waals surface area contributed by atoms with Crippen molar-refractivity contribution in [3.05, 3.63) is 59.1 Å². The fourth-order valence-electron chi connectivity index (χ4n) is 1.42. The number of nitrogens with one attached hydrogen (secondary N) is 1. The number of nitrogens with zero attached hydrogens (tertiary/aromatic N) is 1. The van der Waals surface area contributed by atoms with E-state index in [0.717, 1.165) is 0 Å². The van der Waals surface area contributed by atoms with Gasteiger partial charge in [-0.3, -0.25) is 5.32 Å². The number of carbonyl (C=O) groups excluding carboxylic acids is 1. The number of nitriles is 1. The summed E-state index contributed by atoms with van der Waals surface area (Å²) in [6.45, 7) is 0. The minimum Gasteiger partial charge on any atom is -0.410 e. The number of amides is 1. The number of para-hydroxylation sites is 1. The number of anilines is 1. The smallest absolute Gasteiger partial charge is 0.410 e. The van der Waals surface area contributed by atoms with Gasteiger partial charge in [0, 0.05) is 0 Å².